The quantitative estimate of drug-likeness (QED) is 0.420. The molecular weight excluding hydrogens is 134 g/mol. The van der Waals surface area contributed by atoms with E-state index in [1.807, 2.05) is 0 Å². The average molecular weight is 145 g/mol. The lowest BCUT2D eigenvalue weighted by Gasteiger charge is -2.05. The number of ether oxygens (including phenoxy) is 2. The van der Waals surface area contributed by atoms with E-state index in [9.17, 15) is 4.79 Å². The van der Waals surface area contributed by atoms with Gasteiger partial charge in [-0.3, -0.25) is 4.79 Å². The maximum atomic E-state index is 10.8. The summed E-state index contributed by atoms with van der Waals surface area (Å²) in [6, 6.07) is -0.583. The Labute approximate surface area is 59.3 Å². The molecule has 2 atom stereocenters. The Kier molecular flexibility index (Phi) is 2.24. The summed E-state index contributed by atoms with van der Waals surface area (Å²) in [5, 5.41) is 0. The Morgan fingerprint density at radius 3 is 3.00 bits per heavy atom. The summed E-state index contributed by atoms with van der Waals surface area (Å²) in [6.07, 6.45) is -0.0981. The van der Waals surface area contributed by atoms with Gasteiger partial charge in [0.1, 0.15) is 12.1 Å². The van der Waals surface area contributed by atoms with E-state index in [0.29, 0.717) is 13.2 Å². The molecule has 0 aliphatic carbocycles. The minimum absolute atomic E-state index is 0.0981. The SMILES string of the molecule is CCOC(=O)C(N)C1CO1. The van der Waals surface area contributed by atoms with Crippen LogP contribution in [-0.2, 0) is 14.3 Å². The molecule has 2 N–H and O–H groups in total. The molecule has 58 valence electrons. The maximum Gasteiger partial charge on any atom is 0.325 e. The van der Waals surface area contributed by atoms with Crippen LogP contribution in [-0.4, -0.2) is 31.3 Å². The highest BCUT2D eigenvalue weighted by molar-refractivity contribution is 5.76. The first-order valence-electron chi connectivity index (χ1n) is 3.29. The van der Waals surface area contributed by atoms with Crippen LogP contribution in [0.1, 0.15) is 6.92 Å². The van der Waals surface area contributed by atoms with Gasteiger partial charge in [-0.25, -0.2) is 0 Å². The summed E-state index contributed by atoms with van der Waals surface area (Å²) in [6.45, 7) is 2.71. The second-order valence-corrected chi connectivity index (χ2v) is 2.15. The van der Waals surface area contributed by atoms with Crippen LogP contribution in [0.3, 0.4) is 0 Å². The fourth-order valence-corrected chi connectivity index (χ4v) is 0.653. The number of hydrogen-bond acceptors (Lipinski definition) is 4. The van der Waals surface area contributed by atoms with Gasteiger partial charge in [0, 0.05) is 0 Å². The Bertz CT molecular complexity index is 133. The molecule has 4 heteroatoms. The van der Waals surface area contributed by atoms with Gasteiger partial charge < -0.3 is 15.2 Å². The van der Waals surface area contributed by atoms with Crippen molar-refractivity contribution in [2.24, 2.45) is 5.73 Å². The first-order valence-corrected chi connectivity index (χ1v) is 3.29. The van der Waals surface area contributed by atoms with Crippen LogP contribution < -0.4 is 5.73 Å². The van der Waals surface area contributed by atoms with Crippen molar-refractivity contribution in [3.05, 3.63) is 0 Å². The van der Waals surface area contributed by atoms with Gasteiger partial charge in [0.2, 0.25) is 0 Å². The number of epoxide rings is 1. The second kappa shape index (κ2) is 2.98. The Morgan fingerprint density at radius 1 is 2.00 bits per heavy atom. The van der Waals surface area contributed by atoms with E-state index in [0.717, 1.165) is 0 Å². The van der Waals surface area contributed by atoms with Gasteiger partial charge in [-0.15, -0.1) is 0 Å². The summed E-state index contributed by atoms with van der Waals surface area (Å²) < 4.78 is 9.47. The van der Waals surface area contributed by atoms with Crippen LogP contribution in [0.5, 0.6) is 0 Å². The predicted octanol–water partition coefficient (Wildman–Crippen LogP) is -0.724. The molecule has 1 aliphatic rings. The van der Waals surface area contributed by atoms with Crippen molar-refractivity contribution in [1.82, 2.24) is 0 Å². The smallest absolute Gasteiger partial charge is 0.325 e. The van der Waals surface area contributed by atoms with Crippen molar-refractivity contribution in [3.63, 3.8) is 0 Å². The van der Waals surface area contributed by atoms with Gasteiger partial charge >= 0.3 is 5.97 Å². The second-order valence-electron chi connectivity index (χ2n) is 2.15. The van der Waals surface area contributed by atoms with Gasteiger partial charge in [-0.05, 0) is 6.92 Å². The van der Waals surface area contributed by atoms with Crippen molar-refractivity contribution in [3.8, 4) is 0 Å². The molecule has 2 unspecified atom stereocenters. The molecule has 1 saturated heterocycles. The van der Waals surface area contributed by atoms with E-state index in [2.05, 4.69) is 4.74 Å². The summed E-state index contributed by atoms with van der Waals surface area (Å²) >= 11 is 0. The fraction of sp³-hybridized carbons (Fsp3) is 0.833. The van der Waals surface area contributed by atoms with Crippen molar-refractivity contribution < 1.29 is 14.3 Å². The Hall–Kier alpha value is -0.610. The van der Waals surface area contributed by atoms with Crippen LogP contribution in [0.15, 0.2) is 0 Å². The molecule has 1 aliphatic heterocycles. The summed E-state index contributed by atoms with van der Waals surface area (Å²) in [5.74, 6) is -0.370. The van der Waals surface area contributed by atoms with Crippen LogP contribution in [0.25, 0.3) is 0 Å². The third-order valence-electron chi connectivity index (χ3n) is 1.32. The van der Waals surface area contributed by atoms with Gasteiger partial charge in [-0.1, -0.05) is 0 Å². The zero-order valence-electron chi connectivity index (χ0n) is 5.87. The number of carbonyl (C=O) groups is 1. The minimum atomic E-state index is -0.583. The van der Waals surface area contributed by atoms with Gasteiger partial charge in [0.15, 0.2) is 0 Å². The first kappa shape index (κ1) is 7.50. The minimum Gasteiger partial charge on any atom is -0.465 e. The van der Waals surface area contributed by atoms with Crippen LogP contribution in [0.4, 0.5) is 0 Å². The van der Waals surface area contributed by atoms with E-state index >= 15 is 0 Å². The predicted molar refractivity (Wildman–Crippen MR) is 34.3 cm³/mol. The molecule has 10 heavy (non-hydrogen) atoms. The van der Waals surface area contributed by atoms with Crippen molar-refractivity contribution in [2.75, 3.05) is 13.2 Å². The first-order chi connectivity index (χ1) is 4.75. The molecule has 1 rings (SSSR count). The molecule has 0 bridgehead atoms. The van der Waals surface area contributed by atoms with Gasteiger partial charge in [0.05, 0.1) is 13.2 Å². The molecule has 0 aromatic carbocycles. The third kappa shape index (κ3) is 1.68. The normalized spacial score (nSPS) is 25.6. The van der Waals surface area contributed by atoms with Crippen LogP contribution in [0, 0.1) is 0 Å². The molecule has 0 aromatic rings. The molecule has 0 amide bonds. The van der Waals surface area contributed by atoms with Crippen molar-refractivity contribution >= 4 is 5.97 Å². The number of carbonyl (C=O) groups excluding carboxylic acids is 1. The summed E-state index contributed by atoms with van der Waals surface area (Å²) in [5.41, 5.74) is 5.41. The van der Waals surface area contributed by atoms with Crippen molar-refractivity contribution in [1.29, 1.82) is 0 Å². The number of nitrogens with two attached hydrogens (primary N) is 1. The lowest BCUT2D eigenvalue weighted by Crippen LogP contribution is -2.37. The maximum absolute atomic E-state index is 10.8. The monoisotopic (exact) mass is 145 g/mol. The average Bonchev–Trinajstić information content (AvgIpc) is 2.68. The van der Waals surface area contributed by atoms with E-state index < -0.39 is 6.04 Å². The zero-order chi connectivity index (χ0) is 7.56. The Balaban J connectivity index is 2.24. The van der Waals surface area contributed by atoms with E-state index in [1.54, 1.807) is 6.92 Å². The lowest BCUT2D eigenvalue weighted by atomic mass is 10.2. The fourth-order valence-electron chi connectivity index (χ4n) is 0.653. The largest absolute Gasteiger partial charge is 0.465 e. The molecular formula is C6H11NO3. The molecule has 0 radical (unpaired) electrons. The van der Waals surface area contributed by atoms with Crippen LogP contribution in [0.2, 0.25) is 0 Å². The highest BCUT2D eigenvalue weighted by Crippen LogP contribution is 2.12. The highest BCUT2D eigenvalue weighted by atomic mass is 16.6. The van der Waals surface area contributed by atoms with E-state index in [1.165, 1.54) is 0 Å². The summed E-state index contributed by atoms with van der Waals surface area (Å²) in [4.78, 5) is 10.8. The van der Waals surface area contributed by atoms with E-state index in [4.69, 9.17) is 10.5 Å². The molecule has 4 nitrogen and oxygen atoms in total. The Morgan fingerprint density at radius 2 is 2.60 bits per heavy atom. The summed E-state index contributed by atoms with van der Waals surface area (Å²) in [7, 11) is 0. The molecule has 0 spiro atoms. The standard InChI is InChI=1S/C6H11NO3/c1-2-9-6(8)5(7)4-3-10-4/h4-5H,2-3,7H2,1H3. The zero-order valence-corrected chi connectivity index (χ0v) is 5.87. The lowest BCUT2D eigenvalue weighted by molar-refractivity contribution is -0.145. The topological polar surface area (TPSA) is 64.8 Å². The van der Waals surface area contributed by atoms with Gasteiger partial charge in [-0.2, -0.15) is 0 Å². The molecule has 0 saturated carbocycles. The molecule has 1 heterocycles. The molecule has 1 fully saturated rings. The van der Waals surface area contributed by atoms with E-state index in [-0.39, 0.29) is 12.1 Å². The van der Waals surface area contributed by atoms with Gasteiger partial charge in [0.25, 0.3) is 0 Å². The number of rotatable bonds is 3. The highest BCUT2D eigenvalue weighted by Gasteiger charge is 2.35. The van der Waals surface area contributed by atoms with Crippen molar-refractivity contribution in [2.45, 2.75) is 19.1 Å². The third-order valence-corrected chi connectivity index (χ3v) is 1.32. The number of esters is 1. The number of hydrogen-bond donors (Lipinski definition) is 1. The molecule has 0 aromatic heterocycles. The van der Waals surface area contributed by atoms with Crippen LogP contribution >= 0.6 is 0 Å².